The first-order chi connectivity index (χ1) is 67.1. The van der Waals surface area contributed by atoms with E-state index in [1.54, 1.807) is 13.8 Å². The summed E-state index contributed by atoms with van der Waals surface area (Å²) in [5.74, 6) is -15.8. The molecule has 141 heavy (non-hydrogen) atoms. The van der Waals surface area contributed by atoms with Gasteiger partial charge < -0.3 is 127 Å². The van der Waals surface area contributed by atoms with Gasteiger partial charge in [-0.05, 0) is 172 Å². The van der Waals surface area contributed by atoms with E-state index in [4.69, 9.17) is 33.8 Å². The Morgan fingerprint density at radius 2 is 0.844 bits per heavy atom. The molecule has 1 aromatic rings. The topological polar surface area (TPSA) is 689 Å². The van der Waals surface area contributed by atoms with Crippen molar-refractivity contribution in [1.29, 1.82) is 10.8 Å². The fourth-order valence-electron chi connectivity index (χ4n) is 18.6. The molecule has 0 aromatic heterocycles. The number of phenols is 1. The first-order valence-corrected chi connectivity index (χ1v) is 50.6. The second-order valence-corrected chi connectivity index (χ2v) is 38.4. The number of rotatable bonds is 62. The fourth-order valence-corrected chi connectivity index (χ4v) is 18.6. The summed E-state index contributed by atoms with van der Waals surface area (Å²) in [6, 6.07) is -14.5. The van der Waals surface area contributed by atoms with Gasteiger partial charge in [-0.2, -0.15) is 0 Å². The number of nitrogens with two attached hydrogens (primary N) is 4. The first kappa shape index (κ1) is 117. The van der Waals surface area contributed by atoms with E-state index in [1.165, 1.54) is 134 Å². The molecule has 0 aliphatic carbocycles. The zero-order valence-electron chi connectivity index (χ0n) is 83.4. The molecule has 1 aromatic carbocycles. The Morgan fingerprint density at radius 1 is 0.411 bits per heavy atom. The Balaban J connectivity index is 1.06. The van der Waals surface area contributed by atoms with E-state index < -0.39 is 215 Å². The van der Waals surface area contributed by atoms with Crippen molar-refractivity contribution in [1.82, 2.24) is 93.6 Å². The number of aliphatic hydroxyl groups excluding tert-OH is 1. The maximum atomic E-state index is 15.2. The Morgan fingerprint density at radius 3 is 1.35 bits per heavy atom. The number of likely N-dealkylation sites (tertiary alicyclic amines) is 5. The van der Waals surface area contributed by atoms with Crippen LogP contribution in [0.1, 0.15) is 279 Å². The van der Waals surface area contributed by atoms with Gasteiger partial charge in [0.05, 0.1) is 12.5 Å². The number of hydrogen-bond acceptors (Lipinski definition) is 23. The summed E-state index contributed by atoms with van der Waals surface area (Å²) in [6.45, 7) is 13.9. The number of amides is 18. The average molecular weight is 1980 g/mol. The number of aromatic hydroxyl groups is 1. The van der Waals surface area contributed by atoms with Crippen LogP contribution in [-0.4, -0.2) is 308 Å². The van der Waals surface area contributed by atoms with E-state index in [2.05, 4.69) is 76.0 Å². The van der Waals surface area contributed by atoms with Gasteiger partial charge in [-0.25, -0.2) is 0 Å². The number of hydrogen-bond donors (Lipinski definition) is 21. The van der Waals surface area contributed by atoms with E-state index >= 15 is 9.59 Å². The van der Waals surface area contributed by atoms with E-state index in [0.717, 1.165) is 19.3 Å². The molecule has 0 radical (unpaired) electrons. The summed E-state index contributed by atoms with van der Waals surface area (Å²) in [6.07, 6.45) is 17.1. The smallest absolute Gasteiger partial charge is 0.284 e. The van der Waals surface area contributed by atoms with Crippen LogP contribution in [0.4, 0.5) is 0 Å². The van der Waals surface area contributed by atoms with Gasteiger partial charge in [0.1, 0.15) is 96.4 Å². The fraction of sp³-hybridized carbons (Fsp3) is 0.719. The van der Waals surface area contributed by atoms with Gasteiger partial charge in [0, 0.05) is 65.2 Å². The highest BCUT2D eigenvalue weighted by Crippen LogP contribution is 2.30. The van der Waals surface area contributed by atoms with Crippen molar-refractivity contribution < 1.29 is 101 Å². The molecule has 0 bridgehead atoms. The van der Waals surface area contributed by atoms with Gasteiger partial charge in [0.25, 0.3) is 5.91 Å². The standard InChI is InChI=1S/C96H158N24O21/c1-9-11-12-13-14-15-16-17-18-19-20-21-22-40-76(125)103-45-24-23-32-64(80(98)127)109-84(131)67(53-57(3)4)113-89(136)78(58(5)10-2)114-88(135)72-37-27-48-116(72)90(137)60(7)107-83(130)69(55-75(97)124)112-87(134)71-36-29-50-118(71)92(139)73-38-30-51-119(73)91(138)66(34-26-47-105-96(101)102)110-85(132)68(54-62-41-43-63(123)44-42-62)111-81(128)59(6)106-86(133)70-35-28-49-117(70)93(140)74-39-31-52-120(74)94(141)79(61(8)122)115-82(129)65(108-77(126)56-121)33-25-46-104-95(99)100/h41-44,56-61,64-74,78-79,122-123H,9-40,45-55H2,1-8H3,(H2,97,124)(H2,98,127)(H,103,125)(H,106,133)(H,107,130)(H,108,126)(H,109,131)(H,110,132)(H,111,128)(H,112,134)(H,113,136)(H,114,135)(H,115,129)(H4,99,100,104)(H4,101,102,105)/t58-,59-,60-,61+,64-,65-,66-,67-,68-,69-,70-,71-,72-,73-,74-,78-,79-/m0/s1. The highest BCUT2D eigenvalue weighted by atomic mass is 16.3. The van der Waals surface area contributed by atoms with Crippen molar-refractivity contribution in [3.63, 3.8) is 0 Å². The van der Waals surface area contributed by atoms with Crippen LogP contribution in [0.25, 0.3) is 0 Å². The van der Waals surface area contributed by atoms with Crippen molar-refractivity contribution >= 4 is 125 Å². The van der Waals surface area contributed by atoms with Gasteiger partial charge >= 0.3 is 0 Å². The lowest BCUT2D eigenvalue weighted by molar-refractivity contribution is -0.149. The van der Waals surface area contributed by atoms with Crippen LogP contribution in [0, 0.1) is 22.7 Å². The van der Waals surface area contributed by atoms with Crippen LogP contribution in [0.3, 0.4) is 0 Å². The van der Waals surface area contributed by atoms with Crippen molar-refractivity contribution in [2.45, 2.75) is 377 Å². The third-order valence-corrected chi connectivity index (χ3v) is 26.6. The second kappa shape index (κ2) is 60.7. The lowest BCUT2D eigenvalue weighted by Gasteiger charge is -2.34. The lowest BCUT2D eigenvalue weighted by atomic mass is 9.96. The van der Waals surface area contributed by atoms with Gasteiger partial charge in [-0.15, -0.1) is 0 Å². The largest absolute Gasteiger partial charge is 0.508 e. The normalized spacial score (nSPS) is 19.2. The number of nitrogens with one attached hydrogen (secondary N) is 15. The molecule has 18 amide bonds. The zero-order valence-corrected chi connectivity index (χ0v) is 83.4. The van der Waals surface area contributed by atoms with Gasteiger partial charge in [0.15, 0.2) is 11.9 Å². The summed E-state index contributed by atoms with van der Waals surface area (Å²) in [5.41, 5.74) is 22.8. The minimum Gasteiger partial charge on any atom is -0.508 e. The van der Waals surface area contributed by atoms with Crippen molar-refractivity contribution in [2.24, 2.45) is 34.8 Å². The Hall–Kier alpha value is -12.3. The third kappa shape index (κ3) is 38.5. The lowest BCUT2D eigenvalue weighted by Crippen LogP contribution is -2.61. The quantitative estimate of drug-likeness (QED) is 0.0124. The van der Waals surface area contributed by atoms with Crippen molar-refractivity contribution in [2.75, 3.05) is 52.4 Å². The predicted octanol–water partition coefficient (Wildman–Crippen LogP) is -0.896. The molecule has 5 fully saturated rings. The molecule has 25 N–H and O–H groups in total. The Labute approximate surface area is 826 Å². The molecular formula is C96H158N24O21. The number of phenolic OH excluding ortho intramolecular Hbond substituents is 1. The summed E-state index contributed by atoms with van der Waals surface area (Å²) in [7, 11) is 0. The van der Waals surface area contributed by atoms with Crippen LogP contribution in [0.5, 0.6) is 5.75 Å². The number of benzene rings is 1. The average Bonchev–Trinajstić information content (AvgIpc) is 1.66. The molecular weight excluding hydrogens is 1830 g/mol. The number of carbonyl (C=O) groups excluding carboxylic acids is 19. The monoisotopic (exact) mass is 1980 g/mol. The number of carbonyl (C=O) groups is 19. The van der Waals surface area contributed by atoms with Gasteiger partial charge in [-0.1, -0.05) is 130 Å². The van der Waals surface area contributed by atoms with E-state index in [9.17, 15) is 91.7 Å². The van der Waals surface area contributed by atoms with E-state index in [-0.39, 0.29) is 166 Å². The van der Waals surface area contributed by atoms with Gasteiger partial charge in [-0.3, -0.25) is 102 Å². The molecule has 45 heteroatoms. The van der Waals surface area contributed by atoms with Crippen LogP contribution < -0.4 is 92.1 Å². The summed E-state index contributed by atoms with van der Waals surface area (Å²) < 4.78 is 0. The molecule has 788 valence electrons. The highest BCUT2D eigenvalue weighted by molar-refractivity contribution is 6.24. The SMILES string of the molecule is CCCCCCCCCCCCCCCC(=O)NCCCC[C@H](NC(=O)[C@H](CC(C)C)NC(=O)[C@@H](NC(=O)[C@@H]1CCCN1C(=O)[C@H](C)NC(=O)[C@H](CC(N)=O)NC(=O)[C@@H]1CCCN1C(=O)[C@@H]1CCCN1C(=O)[C@H](CCCNC(=N)N)NC(=O)[C@H](Cc1ccc(O)cc1)NC(=O)[C@H](C)NC(=O)[C@@H]1CCCN1C(=O)[C@@H]1CCCN1C(=O)[C@@H](NC(=O)[C@H](CCCNC(=N)N)NC(=O)C=O)[C@@H](C)O)[C@@H](C)CC)C(N)=O. The molecule has 17 atom stereocenters. The minimum atomic E-state index is -1.72. The molecule has 0 saturated carbocycles. The van der Waals surface area contributed by atoms with Crippen LogP contribution in [0.15, 0.2) is 24.3 Å². The second-order valence-electron chi connectivity index (χ2n) is 38.4. The zero-order chi connectivity index (χ0) is 104. The molecule has 0 spiro atoms. The van der Waals surface area contributed by atoms with Crippen LogP contribution in [-0.2, 0) is 97.5 Å². The maximum absolute atomic E-state index is 15.2. The molecule has 5 heterocycles. The van der Waals surface area contributed by atoms with Crippen molar-refractivity contribution in [3.8, 4) is 5.75 Å². The van der Waals surface area contributed by atoms with Crippen LogP contribution >= 0.6 is 0 Å². The minimum absolute atomic E-state index is 0.00353. The number of aliphatic hydroxyl groups is 1. The first-order valence-electron chi connectivity index (χ1n) is 50.6. The maximum Gasteiger partial charge on any atom is 0.284 e. The molecule has 45 nitrogen and oxygen atoms in total. The molecule has 5 aliphatic heterocycles. The Kier molecular flexibility index (Phi) is 50.5. The summed E-state index contributed by atoms with van der Waals surface area (Å²) in [5, 5.41) is 70.6. The predicted molar refractivity (Wildman–Crippen MR) is 521 cm³/mol. The number of nitrogens with zero attached hydrogens (tertiary/aromatic N) is 5. The van der Waals surface area contributed by atoms with Crippen molar-refractivity contribution in [3.05, 3.63) is 29.8 Å². The van der Waals surface area contributed by atoms with Gasteiger partial charge in [0.2, 0.25) is 107 Å². The summed E-state index contributed by atoms with van der Waals surface area (Å²) in [4.78, 5) is 271. The molecule has 6 rings (SSSR count). The number of unbranched alkanes of at least 4 members (excludes halogenated alkanes) is 13. The van der Waals surface area contributed by atoms with E-state index in [0.29, 0.717) is 57.1 Å². The number of guanidine groups is 2. The number of primary amides is 2. The highest BCUT2D eigenvalue weighted by Gasteiger charge is 2.49. The molecule has 5 saturated heterocycles. The third-order valence-electron chi connectivity index (χ3n) is 26.6. The summed E-state index contributed by atoms with van der Waals surface area (Å²) >= 11 is 0. The Bertz CT molecular complexity index is 4410. The molecule has 5 aliphatic rings. The van der Waals surface area contributed by atoms with Crippen LogP contribution in [0.2, 0.25) is 0 Å². The van der Waals surface area contributed by atoms with E-state index in [1.807, 2.05) is 13.8 Å². The molecule has 0 unspecified atom stereocenters. The number of aldehydes is 1.